The highest BCUT2D eigenvalue weighted by molar-refractivity contribution is 9.10. The number of rotatable bonds is 5. The molecule has 0 aliphatic carbocycles. The number of aryl methyl sites for hydroxylation is 2. The standard InChI is InChI=1S/C14H17BrFN3/c1-17-12(6-7-13-18-8-9-19(13)2)10-4-3-5-11(15)14(10)16/h3-5,8-9,12,17H,6-7H2,1-2H3. The Balaban J connectivity index is 2.12. The van der Waals surface area contributed by atoms with E-state index in [2.05, 4.69) is 26.2 Å². The van der Waals surface area contributed by atoms with Crippen molar-refractivity contribution in [2.24, 2.45) is 7.05 Å². The maximum Gasteiger partial charge on any atom is 0.142 e. The Morgan fingerprint density at radius 1 is 1.47 bits per heavy atom. The normalized spacial score (nSPS) is 12.6. The first-order valence-electron chi connectivity index (χ1n) is 6.21. The first kappa shape index (κ1) is 14.2. The van der Waals surface area contributed by atoms with Crippen LogP contribution < -0.4 is 5.32 Å². The summed E-state index contributed by atoms with van der Waals surface area (Å²) in [5, 5.41) is 3.17. The van der Waals surface area contributed by atoms with Gasteiger partial charge < -0.3 is 9.88 Å². The van der Waals surface area contributed by atoms with Crippen LogP contribution in [0.4, 0.5) is 4.39 Å². The minimum Gasteiger partial charge on any atom is -0.338 e. The maximum atomic E-state index is 14.1. The average Bonchev–Trinajstić information content (AvgIpc) is 2.80. The van der Waals surface area contributed by atoms with Crippen LogP contribution in [0.5, 0.6) is 0 Å². The predicted octanol–water partition coefficient (Wildman–Crippen LogP) is 3.22. The molecule has 1 aromatic carbocycles. The molecule has 1 atom stereocenters. The summed E-state index contributed by atoms with van der Waals surface area (Å²) >= 11 is 3.23. The van der Waals surface area contributed by atoms with Gasteiger partial charge >= 0.3 is 0 Å². The Kier molecular flexibility index (Phi) is 4.71. The zero-order valence-corrected chi connectivity index (χ0v) is 12.6. The fourth-order valence-corrected chi connectivity index (χ4v) is 2.54. The van der Waals surface area contributed by atoms with Crippen LogP contribution in [0.25, 0.3) is 0 Å². The fourth-order valence-electron chi connectivity index (χ4n) is 2.16. The molecule has 1 unspecified atom stereocenters. The van der Waals surface area contributed by atoms with E-state index in [1.54, 1.807) is 12.3 Å². The second-order valence-corrected chi connectivity index (χ2v) is 5.33. The maximum absolute atomic E-state index is 14.1. The monoisotopic (exact) mass is 325 g/mol. The highest BCUT2D eigenvalue weighted by atomic mass is 79.9. The smallest absolute Gasteiger partial charge is 0.142 e. The summed E-state index contributed by atoms with van der Waals surface area (Å²) in [4.78, 5) is 4.29. The van der Waals surface area contributed by atoms with Gasteiger partial charge in [0, 0.05) is 37.5 Å². The first-order chi connectivity index (χ1) is 9.13. The zero-order chi connectivity index (χ0) is 13.8. The molecular weight excluding hydrogens is 309 g/mol. The van der Waals surface area contributed by atoms with Crippen molar-refractivity contribution in [3.8, 4) is 0 Å². The number of hydrogen-bond acceptors (Lipinski definition) is 2. The van der Waals surface area contributed by atoms with E-state index in [0.29, 0.717) is 10.0 Å². The van der Waals surface area contributed by atoms with Gasteiger partial charge in [-0.2, -0.15) is 0 Å². The molecule has 0 radical (unpaired) electrons. The molecule has 0 saturated carbocycles. The summed E-state index contributed by atoms with van der Waals surface area (Å²) in [6.45, 7) is 0. The zero-order valence-electron chi connectivity index (χ0n) is 11.0. The second-order valence-electron chi connectivity index (χ2n) is 4.48. The molecule has 5 heteroatoms. The second kappa shape index (κ2) is 6.30. The van der Waals surface area contributed by atoms with Crippen LogP contribution in [0.1, 0.15) is 23.9 Å². The lowest BCUT2D eigenvalue weighted by atomic mass is 10.0. The van der Waals surface area contributed by atoms with E-state index in [4.69, 9.17) is 0 Å². The third-order valence-electron chi connectivity index (χ3n) is 3.28. The number of benzene rings is 1. The Hall–Kier alpha value is -1.20. The van der Waals surface area contributed by atoms with Crippen LogP contribution >= 0.6 is 15.9 Å². The van der Waals surface area contributed by atoms with Crippen molar-refractivity contribution in [1.82, 2.24) is 14.9 Å². The average molecular weight is 326 g/mol. The van der Waals surface area contributed by atoms with Crippen molar-refractivity contribution in [2.75, 3.05) is 7.05 Å². The quantitative estimate of drug-likeness (QED) is 0.914. The van der Waals surface area contributed by atoms with E-state index >= 15 is 0 Å². The van der Waals surface area contributed by atoms with Crippen molar-refractivity contribution in [3.63, 3.8) is 0 Å². The number of nitrogens with zero attached hydrogens (tertiary/aromatic N) is 2. The third-order valence-corrected chi connectivity index (χ3v) is 3.90. The molecule has 0 fully saturated rings. The lowest BCUT2D eigenvalue weighted by Gasteiger charge is -2.17. The molecule has 1 N–H and O–H groups in total. The van der Waals surface area contributed by atoms with Crippen molar-refractivity contribution in [2.45, 2.75) is 18.9 Å². The highest BCUT2D eigenvalue weighted by Gasteiger charge is 2.16. The van der Waals surface area contributed by atoms with E-state index < -0.39 is 0 Å². The summed E-state index contributed by atoms with van der Waals surface area (Å²) in [5.74, 6) is 0.817. The molecule has 0 aliphatic rings. The van der Waals surface area contributed by atoms with Crippen LogP contribution in [0, 0.1) is 5.82 Å². The first-order valence-corrected chi connectivity index (χ1v) is 7.00. The van der Waals surface area contributed by atoms with Gasteiger partial charge in [-0.05, 0) is 35.5 Å². The van der Waals surface area contributed by atoms with Crippen molar-refractivity contribution >= 4 is 15.9 Å². The lowest BCUT2D eigenvalue weighted by molar-refractivity contribution is 0.499. The molecule has 1 aromatic heterocycles. The summed E-state index contributed by atoms with van der Waals surface area (Å²) in [6.07, 6.45) is 5.31. The predicted molar refractivity (Wildman–Crippen MR) is 77.4 cm³/mol. The van der Waals surface area contributed by atoms with Gasteiger partial charge in [-0.1, -0.05) is 12.1 Å². The number of nitrogens with one attached hydrogen (secondary N) is 1. The Labute approximate surface area is 121 Å². The molecular formula is C14H17BrFN3. The molecule has 0 bridgehead atoms. The van der Waals surface area contributed by atoms with E-state index in [-0.39, 0.29) is 11.9 Å². The molecule has 2 rings (SSSR count). The Bertz CT molecular complexity index is 553. The molecule has 19 heavy (non-hydrogen) atoms. The van der Waals surface area contributed by atoms with Gasteiger partial charge in [-0.15, -0.1) is 0 Å². The summed E-state index contributed by atoms with van der Waals surface area (Å²) in [6, 6.07) is 5.37. The fraction of sp³-hybridized carbons (Fsp3) is 0.357. The third kappa shape index (κ3) is 3.22. The Morgan fingerprint density at radius 2 is 2.26 bits per heavy atom. The highest BCUT2D eigenvalue weighted by Crippen LogP contribution is 2.26. The largest absolute Gasteiger partial charge is 0.338 e. The van der Waals surface area contributed by atoms with Gasteiger partial charge in [0.2, 0.25) is 0 Å². The molecule has 102 valence electrons. The SMILES string of the molecule is CNC(CCc1nccn1C)c1cccc(Br)c1F. The van der Waals surface area contributed by atoms with Gasteiger partial charge in [-0.25, -0.2) is 9.37 Å². The van der Waals surface area contributed by atoms with Crippen LogP contribution in [-0.2, 0) is 13.5 Å². The van der Waals surface area contributed by atoms with E-state index in [0.717, 1.165) is 18.7 Å². The molecule has 2 aromatic rings. The van der Waals surface area contributed by atoms with Gasteiger partial charge in [0.05, 0.1) is 4.47 Å². The van der Waals surface area contributed by atoms with Crippen LogP contribution in [0.2, 0.25) is 0 Å². The van der Waals surface area contributed by atoms with Crippen LogP contribution in [0.15, 0.2) is 35.1 Å². The molecule has 3 nitrogen and oxygen atoms in total. The van der Waals surface area contributed by atoms with Crippen molar-refractivity contribution in [1.29, 1.82) is 0 Å². The number of imidazole rings is 1. The van der Waals surface area contributed by atoms with E-state index in [1.165, 1.54) is 0 Å². The van der Waals surface area contributed by atoms with Crippen molar-refractivity contribution < 1.29 is 4.39 Å². The van der Waals surface area contributed by atoms with E-state index in [9.17, 15) is 4.39 Å². The molecule has 0 aliphatic heterocycles. The lowest BCUT2D eigenvalue weighted by Crippen LogP contribution is -2.19. The number of halogens is 2. The summed E-state index contributed by atoms with van der Waals surface area (Å²) in [7, 11) is 3.82. The van der Waals surface area contributed by atoms with Crippen LogP contribution in [-0.4, -0.2) is 16.6 Å². The molecule has 0 spiro atoms. The van der Waals surface area contributed by atoms with Gasteiger partial charge in [-0.3, -0.25) is 0 Å². The Morgan fingerprint density at radius 3 is 2.89 bits per heavy atom. The minimum absolute atomic E-state index is 0.0193. The molecule has 1 heterocycles. The van der Waals surface area contributed by atoms with Crippen LogP contribution in [0.3, 0.4) is 0 Å². The van der Waals surface area contributed by atoms with Gasteiger partial charge in [0.1, 0.15) is 11.6 Å². The van der Waals surface area contributed by atoms with E-state index in [1.807, 2.05) is 37.0 Å². The topological polar surface area (TPSA) is 29.9 Å². The number of hydrogen-bond donors (Lipinski definition) is 1. The summed E-state index contributed by atoms with van der Waals surface area (Å²) in [5.41, 5.74) is 0.686. The summed E-state index contributed by atoms with van der Waals surface area (Å²) < 4.78 is 16.6. The van der Waals surface area contributed by atoms with Crippen molar-refractivity contribution in [3.05, 3.63) is 52.3 Å². The van der Waals surface area contributed by atoms with Gasteiger partial charge in [0.25, 0.3) is 0 Å². The minimum atomic E-state index is -0.193. The molecule has 0 saturated heterocycles. The molecule has 0 amide bonds. The van der Waals surface area contributed by atoms with Gasteiger partial charge in [0.15, 0.2) is 0 Å². The number of aromatic nitrogens is 2.